The zero-order valence-corrected chi connectivity index (χ0v) is 16.0. The Morgan fingerprint density at radius 1 is 1.20 bits per heavy atom. The number of carbonyl (C=O) groups excluding carboxylic acids is 1. The molecule has 1 amide bonds. The van der Waals surface area contributed by atoms with Gasteiger partial charge in [-0.05, 0) is 35.8 Å². The first-order chi connectivity index (χ1) is 12.1. The molecule has 0 unspecified atom stereocenters. The highest BCUT2D eigenvalue weighted by Gasteiger charge is 2.23. The number of hydrogen-bond acceptors (Lipinski definition) is 6. The van der Waals surface area contributed by atoms with Gasteiger partial charge in [0.1, 0.15) is 5.82 Å². The predicted molar refractivity (Wildman–Crippen MR) is 101 cm³/mol. The topological polar surface area (TPSA) is 74.2 Å². The predicted octanol–water partition coefficient (Wildman–Crippen LogP) is 2.34. The number of nitrogens with one attached hydrogen (secondary N) is 1. The molecule has 8 heteroatoms. The molecule has 0 bridgehead atoms. The summed E-state index contributed by atoms with van der Waals surface area (Å²) >= 11 is 3.36. The Hall–Kier alpha value is -2.22. The largest absolute Gasteiger partial charge is 0.354 e. The molecule has 0 atom stereocenters. The normalized spacial score (nSPS) is 14.5. The van der Waals surface area contributed by atoms with Crippen molar-refractivity contribution in [1.82, 2.24) is 19.9 Å². The van der Waals surface area contributed by atoms with Crippen molar-refractivity contribution in [2.45, 2.75) is 13.8 Å². The van der Waals surface area contributed by atoms with E-state index in [4.69, 9.17) is 0 Å². The standard InChI is InChI=1S/C17H21BrN6O/c1-3-20-17-21-12(2)8-15(22-17)23-4-6-24(7-5-23)16(25)13-9-14(18)11-19-10-13/h8-11H,3-7H2,1-2H3,(H,20,21,22). The smallest absolute Gasteiger partial charge is 0.255 e. The Bertz CT molecular complexity index is 761. The van der Waals surface area contributed by atoms with Crippen LogP contribution in [0.3, 0.4) is 0 Å². The van der Waals surface area contributed by atoms with Gasteiger partial charge in [-0.1, -0.05) is 0 Å². The molecular formula is C17H21BrN6O. The summed E-state index contributed by atoms with van der Waals surface area (Å²) in [5.41, 5.74) is 1.54. The zero-order valence-electron chi connectivity index (χ0n) is 14.4. The quantitative estimate of drug-likeness (QED) is 0.842. The lowest BCUT2D eigenvalue weighted by molar-refractivity contribution is 0.0746. The number of aryl methyl sites for hydroxylation is 1. The number of rotatable bonds is 4. The van der Waals surface area contributed by atoms with E-state index in [1.807, 2.05) is 24.8 Å². The second-order valence-corrected chi connectivity index (χ2v) is 6.81. The summed E-state index contributed by atoms with van der Waals surface area (Å²) in [6, 6.07) is 3.79. The van der Waals surface area contributed by atoms with Gasteiger partial charge in [-0.25, -0.2) is 4.98 Å². The van der Waals surface area contributed by atoms with Crippen LogP contribution in [0.2, 0.25) is 0 Å². The Balaban J connectivity index is 1.66. The van der Waals surface area contributed by atoms with Gasteiger partial charge in [0.25, 0.3) is 5.91 Å². The number of hydrogen-bond donors (Lipinski definition) is 1. The average Bonchev–Trinajstić information content (AvgIpc) is 2.61. The van der Waals surface area contributed by atoms with E-state index < -0.39 is 0 Å². The second kappa shape index (κ2) is 7.77. The van der Waals surface area contributed by atoms with E-state index in [1.54, 1.807) is 18.5 Å². The molecule has 0 saturated carbocycles. The molecule has 1 fully saturated rings. The maximum absolute atomic E-state index is 12.6. The second-order valence-electron chi connectivity index (χ2n) is 5.89. The van der Waals surface area contributed by atoms with Crippen molar-refractivity contribution in [2.24, 2.45) is 0 Å². The number of anilines is 2. The van der Waals surface area contributed by atoms with Gasteiger partial charge in [-0.15, -0.1) is 0 Å². The fourth-order valence-electron chi connectivity index (χ4n) is 2.80. The lowest BCUT2D eigenvalue weighted by atomic mass is 10.2. The minimum Gasteiger partial charge on any atom is -0.354 e. The Labute approximate surface area is 155 Å². The molecule has 1 N–H and O–H groups in total. The summed E-state index contributed by atoms with van der Waals surface area (Å²) in [5.74, 6) is 1.57. The van der Waals surface area contributed by atoms with Gasteiger partial charge in [-0.3, -0.25) is 9.78 Å². The molecule has 0 aliphatic carbocycles. The minimum atomic E-state index is 0.0145. The van der Waals surface area contributed by atoms with Gasteiger partial charge in [0, 0.05) is 61.4 Å². The fraction of sp³-hybridized carbons (Fsp3) is 0.412. The van der Waals surface area contributed by atoms with Crippen LogP contribution in [-0.2, 0) is 0 Å². The van der Waals surface area contributed by atoms with E-state index in [0.717, 1.165) is 35.6 Å². The van der Waals surface area contributed by atoms with Crippen LogP contribution in [0.25, 0.3) is 0 Å². The average molecular weight is 405 g/mol. The summed E-state index contributed by atoms with van der Waals surface area (Å²) in [5, 5.41) is 3.16. The number of pyridine rings is 1. The van der Waals surface area contributed by atoms with Crippen LogP contribution in [-0.4, -0.2) is 58.5 Å². The third-order valence-electron chi connectivity index (χ3n) is 4.02. The fourth-order valence-corrected chi connectivity index (χ4v) is 3.17. The van der Waals surface area contributed by atoms with Crippen molar-refractivity contribution in [2.75, 3.05) is 42.9 Å². The highest BCUT2D eigenvalue weighted by Crippen LogP contribution is 2.18. The Morgan fingerprint density at radius 3 is 2.64 bits per heavy atom. The first-order valence-electron chi connectivity index (χ1n) is 8.31. The molecule has 1 aliphatic rings. The molecule has 25 heavy (non-hydrogen) atoms. The lowest BCUT2D eigenvalue weighted by Crippen LogP contribution is -2.49. The van der Waals surface area contributed by atoms with Crippen molar-refractivity contribution in [3.63, 3.8) is 0 Å². The summed E-state index contributed by atoms with van der Waals surface area (Å²) in [4.78, 5) is 29.7. The first kappa shape index (κ1) is 17.6. The molecule has 2 aromatic rings. The van der Waals surface area contributed by atoms with Crippen molar-refractivity contribution < 1.29 is 4.79 Å². The summed E-state index contributed by atoms with van der Waals surface area (Å²) in [6.07, 6.45) is 3.28. The van der Waals surface area contributed by atoms with Gasteiger partial charge in [0.05, 0.1) is 5.56 Å². The highest BCUT2D eigenvalue weighted by atomic mass is 79.9. The van der Waals surface area contributed by atoms with Crippen LogP contribution in [0.15, 0.2) is 29.0 Å². The third kappa shape index (κ3) is 4.25. The first-order valence-corrected chi connectivity index (χ1v) is 9.10. The maximum atomic E-state index is 12.6. The molecule has 0 aromatic carbocycles. The number of amides is 1. The van der Waals surface area contributed by atoms with Crippen molar-refractivity contribution >= 4 is 33.6 Å². The summed E-state index contributed by atoms with van der Waals surface area (Å²) in [7, 11) is 0. The number of halogens is 1. The van der Waals surface area contributed by atoms with E-state index in [9.17, 15) is 4.79 Å². The van der Waals surface area contributed by atoms with Gasteiger partial charge < -0.3 is 15.1 Å². The van der Waals surface area contributed by atoms with Crippen LogP contribution in [0.1, 0.15) is 23.0 Å². The molecule has 1 saturated heterocycles. The zero-order chi connectivity index (χ0) is 17.8. The van der Waals surface area contributed by atoms with Gasteiger partial charge >= 0.3 is 0 Å². The van der Waals surface area contributed by atoms with Crippen LogP contribution >= 0.6 is 15.9 Å². The van der Waals surface area contributed by atoms with E-state index in [1.165, 1.54) is 0 Å². The van der Waals surface area contributed by atoms with Crippen LogP contribution in [0.4, 0.5) is 11.8 Å². The molecule has 2 aromatic heterocycles. The van der Waals surface area contributed by atoms with Crippen LogP contribution in [0, 0.1) is 6.92 Å². The molecule has 0 spiro atoms. The summed E-state index contributed by atoms with van der Waals surface area (Å²) < 4.78 is 0.810. The number of piperazine rings is 1. The Kier molecular flexibility index (Phi) is 5.47. The van der Waals surface area contributed by atoms with E-state index in [2.05, 4.69) is 41.1 Å². The number of aromatic nitrogens is 3. The van der Waals surface area contributed by atoms with Crippen LogP contribution < -0.4 is 10.2 Å². The highest BCUT2D eigenvalue weighted by molar-refractivity contribution is 9.10. The number of carbonyl (C=O) groups is 1. The van der Waals surface area contributed by atoms with Gasteiger partial charge in [-0.2, -0.15) is 4.98 Å². The Morgan fingerprint density at radius 2 is 1.96 bits per heavy atom. The van der Waals surface area contributed by atoms with Gasteiger partial charge in [0.15, 0.2) is 0 Å². The molecule has 3 heterocycles. The van der Waals surface area contributed by atoms with E-state index in [0.29, 0.717) is 24.6 Å². The van der Waals surface area contributed by atoms with Crippen molar-refractivity contribution in [1.29, 1.82) is 0 Å². The molecule has 3 rings (SSSR count). The molecule has 7 nitrogen and oxygen atoms in total. The van der Waals surface area contributed by atoms with Crippen molar-refractivity contribution in [3.05, 3.63) is 40.3 Å². The molecular weight excluding hydrogens is 384 g/mol. The summed E-state index contributed by atoms with van der Waals surface area (Å²) in [6.45, 7) is 7.57. The minimum absolute atomic E-state index is 0.0145. The van der Waals surface area contributed by atoms with Gasteiger partial charge in [0.2, 0.25) is 5.95 Å². The number of nitrogens with zero attached hydrogens (tertiary/aromatic N) is 5. The third-order valence-corrected chi connectivity index (χ3v) is 4.45. The van der Waals surface area contributed by atoms with Crippen molar-refractivity contribution in [3.8, 4) is 0 Å². The van der Waals surface area contributed by atoms with Crippen LogP contribution in [0.5, 0.6) is 0 Å². The maximum Gasteiger partial charge on any atom is 0.255 e. The van der Waals surface area contributed by atoms with E-state index >= 15 is 0 Å². The monoisotopic (exact) mass is 404 g/mol. The SMILES string of the molecule is CCNc1nc(C)cc(N2CCN(C(=O)c3cncc(Br)c3)CC2)n1. The van der Waals surface area contributed by atoms with E-state index in [-0.39, 0.29) is 5.91 Å². The molecule has 1 aliphatic heterocycles. The molecule has 132 valence electrons. The molecule has 0 radical (unpaired) electrons. The lowest BCUT2D eigenvalue weighted by Gasteiger charge is -2.35.